The van der Waals surface area contributed by atoms with Crippen LogP contribution in [0.15, 0.2) is 17.5 Å². The van der Waals surface area contributed by atoms with Crippen LogP contribution in [0.25, 0.3) is 0 Å². The van der Waals surface area contributed by atoms with Crippen LogP contribution in [0, 0.1) is 5.92 Å². The van der Waals surface area contributed by atoms with E-state index in [4.69, 9.17) is 0 Å². The highest BCUT2D eigenvalue weighted by atomic mass is 32.1. The molecule has 0 radical (unpaired) electrons. The molecule has 1 atom stereocenters. The monoisotopic (exact) mass is 254 g/mol. The summed E-state index contributed by atoms with van der Waals surface area (Å²) < 4.78 is 0. The van der Waals surface area contributed by atoms with Gasteiger partial charge in [0.05, 0.1) is 4.88 Å². The van der Waals surface area contributed by atoms with Crippen molar-refractivity contribution in [3.8, 4) is 0 Å². The minimum atomic E-state index is -0.463. The summed E-state index contributed by atoms with van der Waals surface area (Å²) in [6.45, 7) is 4.04. The van der Waals surface area contributed by atoms with Gasteiger partial charge in [-0.3, -0.25) is 9.59 Å². The largest absolute Gasteiger partial charge is 0.357 e. The first-order valence-corrected chi connectivity index (χ1v) is 6.48. The van der Waals surface area contributed by atoms with Gasteiger partial charge in [-0.1, -0.05) is 19.9 Å². The Morgan fingerprint density at radius 2 is 2.12 bits per heavy atom. The molecule has 5 heteroatoms. The number of likely N-dealkylation sites (N-methyl/N-ethyl adjacent to an activating group) is 1. The molecule has 4 nitrogen and oxygen atoms in total. The van der Waals surface area contributed by atoms with Crippen LogP contribution >= 0.6 is 11.3 Å². The molecule has 1 aromatic rings. The normalized spacial score (nSPS) is 12.2. The van der Waals surface area contributed by atoms with Gasteiger partial charge in [0.2, 0.25) is 5.91 Å². The standard InChI is InChI=1S/C12H18N2O2S/c1-8(2)7-9(11(15)13-3)14-12(16)10-5-4-6-17-10/h4-6,8-9H,7H2,1-3H3,(H,13,15)(H,14,16). The van der Waals surface area contributed by atoms with E-state index in [9.17, 15) is 9.59 Å². The fourth-order valence-electron chi connectivity index (χ4n) is 1.51. The number of rotatable bonds is 5. The Balaban J connectivity index is 2.66. The van der Waals surface area contributed by atoms with Gasteiger partial charge >= 0.3 is 0 Å². The van der Waals surface area contributed by atoms with Crippen molar-refractivity contribution in [3.63, 3.8) is 0 Å². The molecular weight excluding hydrogens is 236 g/mol. The molecule has 0 aromatic carbocycles. The molecule has 0 saturated carbocycles. The molecule has 0 spiro atoms. The minimum absolute atomic E-state index is 0.149. The minimum Gasteiger partial charge on any atom is -0.357 e. The molecule has 0 fully saturated rings. The number of carbonyl (C=O) groups excluding carboxylic acids is 2. The van der Waals surface area contributed by atoms with Gasteiger partial charge in [-0.15, -0.1) is 11.3 Å². The van der Waals surface area contributed by atoms with E-state index >= 15 is 0 Å². The Morgan fingerprint density at radius 3 is 2.59 bits per heavy atom. The maximum absolute atomic E-state index is 11.8. The first-order chi connectivity index (χ1) is 8.04. The summed E-state index contributed by atoms with van der Waals surface area (Å²) in [6.07, 6.45) is 0.636. The second kappa shape index (κ2) is 6.39. The molecule has 2 N–H and O–H groups in total. The molecular formula is C12H18N2O2S. The quantitative estimate of drug-likeness (QED) is 0.839. The number of hydrogen-bond acceptors (Lipinski definition) is 3. The molecule has 1 unspecified atom stereocenters. The van der Waals surface area contributed by atoms with Crippen LogP contribution in [0.1, 0.15) is 29.9 Å². The molecule has 0 bridgehead atoms. The molecule has 0 saturated heterocycles. The van der Waals surface area contributed by atoms with E-state index < -0.39 is 6.04 Å². The van der Waals surface area contributed by atoms with Crippen molar-refractivity contribution in [1.29, 1.82) is 0 Å². The fourth-order valence-corrected chi connectivity index (χ4v) is 2.14. The van der Waals surface area contributed by atoms with Crippen molar-refractivity contribution in [2.24, 2.45) is 5.92 Å². The van der Waals surface area contributed by atoms with Crippen LogP contribution in [0.4, 0.5) is 0 Å². The molecule has 1 rings (SSSR count). The van der Waals surface area contributed by atoms with Crippen LogP contribution in [0.2, 0.25) is 0 Å². The van der Waals surface area contributed by atoms with Crippen LogP contribution < -0.4 is 10.6 Å². The van der Waals surface area contributed by atoms with Crippen LogP contribution in [-0.4, -0.2) is 24.9 Å². The van der Waals surface area contributed by atoms with Gasteiger partial charge in [0.15, 0.2) is 0 Å². The molecule has 0 aliphatic heterocycles. The Labute approximate surface area is 105 Å². The number of thiophene rings is 1. The van der Waals surface area contributed by atoms with E-state index in [1.807, 2.05) is 25.3 Å². The summed E-state index contributed by atoms with van der Waals surface area (Å²) in [6, 6.07) is 3.10. The lowest BCUT2D eigenvalue weighted by Gasteiger charge is -2.18. The van der Waals surface area contributed by atoms with E-state index in [1.165, 1.54) is 11.3 Å². The summed E-state index contributed by atoms with van der Waals surface area (Å²) >= 11 is 1.37. The molecule has 1 aromatic heterocycles. The topological polar surface area (TPSA) is 58.2 Å². The van der Waals surface area contributed by atoms with Gasteiger partial charge in [-0.25, -0.2) is 0 Å². The molecule has 0 aliphatic rings. The van der Waals surface area contributed by atoms with Crippen molar-refractivity contribution in [1.82, 2.24) is 10.6 Å². The number of carbonyl (C=O) groups is 2. The predicted molar refractivity (Wildman–Crippen MR) is 69.1 cm³/mol. The van der Waals surface area contributed by atoms with E-state index in [-0.39, 0.29) is 11.8 Å². The number of nitrogens with one attached hydrogen (secondary N) is 2. The van der Waals surface area contributed by atoms with Crippen molar-refractivity contribution in [2.75, 3.05) is 7.05 Å². The van der Waals surface area contributed by atoms with Crippen molar-refractivity contribution >= 4 is 23.2 Å². The fraction of sp³-hybridized carbons (Fsp3) is 0.500. The molecule has 2 amide bonds. The highest BCUT2D eigenvalue weighted by molar-refractivity contribution is 7.12. The van der Waals surface area contributed by atoms with E-state index in [2.05, 4.69) is 10.6 Å². The second-order valence-electron chi connectivity index (χ2n) is 4.25. The van der Waals surface area contributed by atoms with Gasteiger partial charge in [-0.2, -0.15) is 0 Å². The lowest BCUT2D eigenvalue weighted by Crippen LogP contribution is -2.46. The van der Waals surface area contributed by atoms with Crippen molar-refractivity contribution in [3.05, 3.63) is 22.4 Å². The van der Waals surface area contributed by atoms with Gasteiger partial charge in [-0.05, 0) is 23.8 Å². The Bertz CT molecular complexity index is 374. The third-order valence-electron chi connectivity index (χ3n) is 2.32. The molecule has 0 aliphatic carbocycles. The zero-order valence-corrected chi connectivity index (χ0v) is 11.1. The lowest BCUT2D eigenvalue weighted by molar-refractivity contribution is -0.122. The highest BCUT2D eigenvalue weighted by Crippen LogP contribution is 2.10. The highest BCUT2D eigenvalue weighted by Gasteiger charge is 2.21. The average molecular weight is 254 g/mol. The van der Waals surface area contributed by atoms with E-state index in [0.717, 1.165) is 0 Å². The SMILES string of the molecule is CNC(=O)C(CC(C)C)NC(=O)c1cccs1. The summed E-state index contributed by atoms with van der Waals surface area (Å²) in [7, 11) is 1.58. The smallest absolute Gasteiger partial charge is 0.261 e. The first-order valence-electron chi connectivity index (χ1n) is 5.60. The molecule has 1 heterocycles. The number of hydrogen-bond donors (Lipinski definition) is 2. The van der Waals surface area contributed by atoms with E-state index in [0.29, 0.717) is 17.2 Å². The lowest BCUT2D eigenvalue weighted by atomic mass is 10.0. The van der Waals surface area contributed by atoms with Crippen LogP contribution in [0.5, 0.6) is 0 Å². The van der Waals surface area contributed by atoms with Gasteiger partial charge < -0.3 is 10.6 Å². The van der Waals surface area contributed by atoms with Gasteiger partial charge in [0.25, 0.3) is 5.91 Å². The molecule has 94 valence electrons. The maximum Gasteiger partial charge on any atom is 0.261 e. The van der Waals surface area contributed by atoms with E-state index in [1.54, 1.807) is 13.1 Å². The van der Waals surface area contributed by atoms with Crippen molar-refractivity contribution < 1.29 is 9.59 Å². The maximum atomic E-state index is 11.8. The zero-order valence-electron chi connectivity index (χ0n) is 10.3. The average Bonchev–Trinajstić information content (AvgIpc) is 2.79. The summed E-state index contributed by atoms with van der Waals surface area (Å²) in [4.78, 5) is 24.1. The predicted octanol–water partition coefficient (Wildman–Crippen LogP) is 1.64. The van der Waals surface area contributed by atoms with Gasteiger partial charge in [0.1, 0.15) is 6.04 Å². The first kappa shape index (κ1) is 13.7. The molecule has 17 heavy (non-hydrogen) atoms. The third-order valence-corrected chi connectivity index (χ3v) is 3.19. The summed E-state index contributed by atoms with van der Waals surface area (Å²) in [5.74, 6) is 0.0128. The van der Waals surface area contributed by atoms with Crippen LogP contribution in [0.3, 0.4) is 0 Å². The number of amides is 2. The summed E-state index contributed by atoms with van der Waals surface area (Å²) in [5.41, 5.74) is 0. The third kappa shape index (κ3) is 4.19. The zero-order chi connectivity index (χ0) is 12.8. The summed E-state index contributed by atoms with van der Waals surface area (Å²) in [5, 5.41) is 7.17. The Kier molecular flexibility index (Phi) is 5.15. The second-order valence-corrected chi connectivity index (χ2v) is 5.19. The Morgan fingerprint density at radius 1 is 1.41 bits per heavy atom. The van der Waals surface area contributed by atoms with Gasteiger partial charge in [0, 0.05) is 7.05 Å². The Hall–Kier alpha value is -1.36. The van der Waals surface area contributed by atoms with Crippen LogP contribution in [-0.2, 0) is 4.79 Å². The van der Waals surface area contributed by atoms with Crippen molar-refractivity contribution in [2.45, 2.75) is 26.3 Å².